The van der Waals surface area contributed by atoms with Gasteiger partial charge in [-0.2, -0.15) is 0 Å². The molecule has 0 saturated carbocycles. The molecule has 0 atom stereocenters. The van der Waals surface area contributed by atoms with E-state index in [1.165, 1.54) is 5.56 Å². The van der Waals surface area contributed by atoms with Crippen LogP contribution in [-0.4, -0.2) is 22.7 Å². The van der Waals surface area contributed by atoms with E-state index in [9.17, 15) is 0 Å². The number of ether oxygens (including phenoxy) is 1. The maximum atomic E-state index is 5.16. The van der Waals surface area contributed by atoms with Crippen molar-refractivity contribution in [1.29, 1.82) is 0 Å². The predicted octanol–water partition coefficient (Wildman–Crippen LogP) is 2.95. The van der Waals surface area contributed by atoms with Gasteiger partial charge in [0.05, 0.1) is 7.11 Å². The molecule has 19 heavy (non-hydrogen) atoms. The fourth-order valence-corrected chi connectivity index (χ4v) is 1.93. The lowest BCUT2D eigenvalue weighted by Crippen LogP contribution is -2.15. The molecule has 4 heteroatoms. The Balaban J connectivity index is 1.96. The lowest BCUT2D eigenvalue weighted by atomic mass is 10.1. The molecule has 1 aromatic carbocycles. The van der Waals surface area contributed by atoms with Crippen LogP contribution in [0.15, 0.2) is 36.7 Å². The highest BCUT2D eigenvalue weighted by molar-refractivity contribution is 5.29. The van der Waals surface area contributed by atoms with Gasteiger partial charge in [0.15, 0.2) is 0 Å². The van der Waals surface area contributed by atoms with Crippen LogP contribution in [0.1, 0.15) is 19.4 Å². The molecule has 0 fully saturated rings. The van der Waals surface area contributed by atoms with Crippen LogP contribution in [0.5, 0.6) is 5.75 Å². The van der Waals surface area contributed by atoms with E-state index in [0.29, 0.717) is 6.04 Å². The quantitative estimate of drug-likeness (QED) is 0.867. The molecule has 0 aliphatic rings. The van der Waals surface area contributed by atoms with Crippen LogP contribution in [0.25, 0.3) is 0 Å². The first kappa shape index (κ1) is 13.5. The molecule has 0 unspecified atom stereocenters. The fourth-order valence-electron chi connectivity index (χ4n) is 1.93. The molecule has 2 aromatic rings. The van der Waals surface area contributed by atoms with Crippen LogP contribution >= 0.6 is 0 Å². The highest BCUT2D eigenvalue weighted by atomic mass is 16.5. The third kappa shape index (κ3) is 3.74. The third-order valence-electron chi connectivity index (χ3n) is 2.93. The number of aryl methyl sites for hydroxylation is 2. The topological polar surface area (TPSA) is 39.1 Å². The molecular weight excluding hydrogens is 238 g/mol. The average molecular weight is 259 g/mol. The summed E-state index contributed by atoms with van der Waals surface area (Å²) in [6.07, 6.45) is 4.82. The highest BCUT2D eigenvalue weighted by Crippen LogP contribution is 2.13. The molecule has 0 saturated heterocycles. The molecular formula is C15H21N3O. The van der Waals surface area contributed by atoms with E-state index in [2.05, 4.69) is 40.8 Å². The van der Waals surface area contributed by atoms with E-state index in [1.807, 2.05) is 24.5 Å². The maximum Gasteiger partial charge on any atom is 0.202 e. The van der Waals surface area contributed by atoms with E-state index in [0.717, 1.165) is 24.7 Å². The van der Waals surface area contributed by atoms with Gasteiger partial charge in [0.2, 0.25) is 5.95 Å². The van der Waals surface area contributed by atoms with Gasteiger partial charge in [-0.15, -0.1) is 0 Å². The van der Waals surface area contributed by atoms with Crippen molar-refractivity contribution in [2.75, 3.05) is 12.4 Å². The first-order valence-corrected chi connectivity index (χ1v) is 6.59. The van der Waals surface area contributed by atoms with Crippen molar-refractivity contribution in [3.63, 3.8) is 0 Å². The fraction of sp³-hybridized carbons (Fsp3) is 0.400. The number of aromatic nitrogens is 2. The minimum atomic E-state index is 0.391. The molecule has 0 aliphatic carbocycles. The zero-order valence-electron chi connectivity index (χ0n) is 11.8. The van der Waals surface area contributed by atoms with Gasteiger partial charge in [-0.1, -0.05) is 12.1 Å². The SMILES string of the molecule is COc1ccc(CCn2ccnc2NC(C)C)cc1. The summed E-state index contributed by atoms with van der Waals surface area (Å²) in [5, 5.41) is 3.34. The predicted molar refractivity (Wildman–Crippen MR) is 77.7 cm³/mol. The van der Waals surface area contributed by atoms with Crippen molar-refractivity contribution in [2.45, 2.75) is 32.9 Å². The third-order valence-corrected chi connectivity index (χ3v) is 2.93. The van der Waals surface area contributed by atoms with E-state index >= 15 is 0 Å². The number of nitrogens with one attached hydrogen (secondary N) is 1. The minimum absolute atomic E-state index is 0.391. The Morgan fingerprint density at radius 1 is 1.26 bits per heavy atom. The van der Waals surface area contributed by atoms with Crippen molar-refractivity contribution in [1.82, 2.24) is 9.55 Å². The number of rotatable bonds is 6. The lowest BCUT2D eigenvalue weighted by Gasteiger charge is -2.12. The summed E-state index contributed by atoms with van der Waals surface area (Å²) < 4.78 is 7.30. The maximum absolute atomic E-state index is 5.16. The number of hydrogen-bond acceptors (Lipinski definition) is 3. The van der Waals surface area contributed by atoms with Gasteiger partial charge in [-0.25, -0.2) is 4.98 Å². The summed E-state index contributed by atoms with van der Waals surface area (Å²) in [7, 11) is 1.68. The Morgan fingerprint density at radius 2 is 2.00 bits per heavy atom. The minimum Gasteiger partial charge on any atom is -0.497 e. The number of methoxy groups -OCH3 is 1. The molecule has 0 amide bonds. The normalized spacial score (nSPS) is 10.7. The molecule has 1 aromatic heterocycles. The molecule has 0 aliphatic heterocycles. The summed E-state index contributed by atoms with van der Waals surface area (Å²) in [5.41, 5.74) is 1.30. The second kappa shape index (κ2) is 6.27. The second-order valence-corrected chi connectivity index (χ2v) is 4.84. The van der Waals surface area contributed by atoms with Crippen LogP contribution in [0.2, 0.25) is 0 Å². The van der Waals surface area contributed by atoms with Crippen LogP contribution in [0.3, 0.4) is 0 Å². The molecule has 1 heterocycles. The number of benzene rings is 1. The second-order valence-electron chi connectivity index (χ2n) is 4.84. The summed E-state index contributed by atoms with van der Waals surface area (Å²) in [4.78, 5) is 4.33. The molecule has 0 radical (unpaired) electrons. The van der Waals surface area contributed by atoms with E-state index < -0.39 is 0 Å². The van der Waals surface area contributed by atoms with Gasteiger partial charge in [-0.05, 0) is 38.0 Å². The summed E-state index contributed by atoms with van der Waals surface area (Å²) in [6.45, 7) is 5.15. The van der Waals surface area contributed by atoms with Gasteiger partial charge < -0.3 is 14.6 Å². The Bertz CT molecular complexity index is 502. The summed E-state index contributed by atoms with van der Waals surface area (Å²) >= 11 is 0. The first-order valence-electron chi connectivity index (χ1n) is 6.59. The lowest BCUT2D eigenvalue weighted by molar-refractivity contribution is 0.414. The number of anilines is 1. The highest BCUT2D eigenvalue weighted by Gasteiger charge is 2.04. The Hall–Kier alpha value is -1.97. The van der Waals surface area contributed by atoms with E-state index in [4.69, 9.17) is 4.74 Å². The molecule has 102 valence electrons. The van der Waals surface area contributed by atoms with Crippen molar-refractivity contribution in [2.24, 2.45) is 0 Å². The van der Waals surface area contributed by atoms with Crippen LogP contribution in [0.4, 0.5) is 5.95 Å². The molecule has 0 spiro atoms. The Kier molecular flexibility index (Phi) is 4.44. The van der Waals surface area contributed by atoms with Gasteiger partial charge in [0, 0.05) is 25.0 Å². The van der Waals surface area contributed by atoms with E-state index in [-0.39, 0.29) is 0 Å². The van der Waals surface area contributed by atoms with Gasteiger partial charge in [0.1, 0.15) is 5.75 Å². The number of nitrogens with zero attached hydrogens (tertiary/aromatic N) is 2. The van der Waals surface area contributed by atoms with Crippen LogP contribution in [0, 0.1) is 0 Å². The smallest absolute Gasteiger partial charge is 0.202 e. The Morgan fingerprint density at radius 3 is 2.63 bits per heavy atom. The van der Waals surface area contributed by atoms with Gasteiger partial charge >= 0.3 is 0 Å². The van der Waals surface area contributed by atoms with Crippen molar-refractivity contribution in [3.05, 3.63) is 42.2 Å². The first-order chi connectivity index (χ1) is 9.19. The van der Waals surface area contributed by atoms with Crippen molar-refractivity contribution in [3.8, 4) is 5.75 Å². The monoisotopic (exact) mass is 259 g/mol. The van der Waals surface area contributed by atoms with Crippen LogP contribution < -0.4 is 10.1 Å². The standard InChI is InChI=1S/C15H21N3O/c1-12(2)17-15-16-9-11-18(15)10-8-13-4-6-14(19-3)7-5-13/h4-7,9,11-12H,8,10H2,1-3H3,(H,16,17). The number of imidazole rings is 1. The average Bonchev–Trinajstić information content (AvgIpc) is 2.83. The zero-order chi connectivity index (χ0) is 13.7. The van der Waals surface area contributed by atoms with Gasteiger partial charge in [-0.3, -0.25) is 0 Å². The molecule has 2 rings (SSSR count). The van der Waals surface area contributed by atoms with Gasteiger partial charge in [0.25, 0.3) is 0 Å². The summed E-state index contributed by atoms with van der Waals surface area (Å²) in [5.74, 6) is 1.83. The van der Waals surface area contributed by atoms with E-state index in [1.54, 1.807) is 7.11 Å². The molecule has 1 N–H and O–H groups in total. The largest absolute Gasteiger partial charge is 0.497 e. The number of hydrogen-bond donors (Lipinski definition) is 1. The molecule has 0 bridgehead atoms. The Labute approximate surface area is 114 Å². The summed E-state index contributed by atoms with van der Waals surface area (Å²) in [6, 6.07) is 8.59. The van der Waals surface area contributed by atoms with Crippen molar-refractivity contribution < 1.29 is 4.74 Å². The molecule has 4 nitrogen and oxygen atoms in total. The zero-order valence-corrected chi connectivity index (χ0v) is 11.8. The van der Waals surface area contributed by atoms with Crippen molar-refractivity contribution >= 4 is 5.95 Å². The van der Waals surface area contributed by atoms with Crippen LogP contribution in [-0.2, 0) is 13.0 Å².